The van der Waals surface area contributed by atoms with Crippen LogP contribution in [0.25, 0.3) is 0 Å². The lowest BCUT2D eigenvalue weighted by Crippen LogP contribution is -2.35. The third-order valence-electron chi connectivity index (χ3n) is 2.88. The Labute approximate surface area is 126 Å². The van der Waals surface area contributed by atoms with Crippen LogP contribution in [-0.4, -0.2) is 38.6 Å². The molecule has 122 valence electrons. The zero-order valence-electron chi connectivity index (χ0n) is 12.3. The van der Waals surface area contributed by atoms with E-state index in [9.17, 15) is 22.8 Å². The number of nitrogens with one attached hydrogen (secondary N) is 1. The van der Waals surface area contributed by atoms with Gasteiger partial charge in [-0.15, -0.1) is 0 Å². The molecule has 0 aliphatic heterocycles. The van der Waals surface area contributed by atoms with Gasteiger partial charge in [0.25, 0.3) is 0 Å². The fourth-order valence-corrected chi connectivity index (χ4v) is 1.77. The maximum absolute atomic E-state index is 13.7. The summed E-state index contributed by atoms with van der Waals surface area (Å²) in [5.74, 6) is -5.42. The topological polar surface area (TPSA) is 58.6 Å². The van der Waals surface area contributed by atoms with Crippen LogP contribution in [0.4, 0.5) is 18.9 Å². The first-order chi connectivity index (χ1) is 10.4. The Bertz CT molecular complexity index is 552. The van der Waals surface area contributed by atoms with Crippen LogP contribution in [-0.2, 0) is 14.3 Å². The summed E-state index contributed by atoms with van der Waals surface area (Å²) in [6, 6.07) is 1.68. The second-order valence-corrected chi connectivity index (χ2v) is 4.46. The number of amides is 2. The zero-order valence-corrected chi connectivity index (χ0v) is 12.3. The summed E-state index contributed by atoms with van der Waals surface area (Å²) < 4.78 is 44.6. The number of ether oxygens (including phenoxy) is 1. The van der Waals surface area contributed by atoms with E-state index in [4.69, 9.17) is 4.74 Å². The Morgan fingerprint density at radius 3 is 2.50 bits per heavy atom. The van der Waals surface area contributed by atoms with Crippen LogP contribution in [0.15, 0.2) is 12.1 Å². The van der Waals surface area contributed by atoms with E-state index in [2.05, 4.69) is 5.32 Å². The van der Waals surface area contributed by atoms with Gasteiger partial charge < -0.3 is 15.0 Å². The minimum Gasteiger partial charge on any atom is -0.383 e. The second-order valence-electron chi connectivity index (χ2n) is 4.46. The Morgan fingerprint density at radius 1 is 1.23 bits per heavy atom. The van der Waals surface area contributed by atoms with Gasteiger partial charge in [0, 0.05) is 33.5 Å². The monoisotopic (exact) mass is 318 g/mol. The van der Waals surface area contributed by atoms with Gasteiger partial charge in [-0.1, -0.05) is 0 Å². The molecule has 0 aliphatic carbocycles. The van der Waals surface area contributed by atoms with Gasteiger partial charge in [0.1, 0.15) is 0 Å². The van der Waals surface area contributed by atoms with Crippen LogP contribution in [0.1, 0.15) is 13.3 Å². The fourth-order valence-electron chi connectivity index (χ4n) is 1.77. The molecular weight excluding hydrogens is 301 g/mol. The smallest absolute Gasteiger partial charge is 0.223 e. The first-order valence-corrected chi connectivity index (χ1v) is 6.55. The molecule has 0 unspecified atom stereocenters. The highest BCUT2D eigenvalue weighted by molar-refractivity contribution is 5.92. The first-order valence-electron chi connectivity index (χ1n) is 6.55. The molecular formula is C14H17F3N2O3. The quantitative estimate of drug-likeness (QED) is 0.614. The Kier molecular flexibility index (Phi) is 6.84. The van der Waals surface area contributed by atoms with Gasteiger partial charge in [0.2, 0.25) is 11.8 Å². The highest BCUT2D eigenvalue weighted by Gasteiger charge is 2.21. The molecule has 1 aromatic rings. The summed E-state index contributed by atoms with van der Waals surface area (Å²) in [6.07, 6.45) is -0.109. The number of anilines is 1. The maximum Gasteiger partial charge on any atom is 0.223 e. The van der Waals surface area contributed by atoms with Crippen LogP contribution in [0.2, 0.25) is 0 Å². The minimum absolute atomic E-state index is 0.109. The number of benzene rings is 1. The minimum atomic E-state index is -1.66. The predicted molar refractivity (Wildman–Crippen MR) is 73.8 cm³/mol. The SMILES string of the molecule is COCCNC(=O)CCN(C(C)=O)c1ccc(F)c(F)c1F. The molecule has 1 rings (SSSR count). The molecule has 0 spiro atoms. The van der Waals surface area contributed by atoms with Gasteiger partial charge in [-0.2, -0.15) is 0 Å². The lowest BCUT2D eigenvalue weighted by Gasteiger charge is -2.21. The molecule has 0 aliphatic rings. The number of carbonyl (C=O) groups excluding carboxylic acids is 2. The average molecular weight is 318 g/mol. The summed E-state index contributed by atoms with van der Waals surface area (Å²) in [4.78, 5) is 24.0. The predicted octanol–water partition coefficient (Wildman–Crippen LogP) is 1.61. The van der Waals surface area contributed by atoms with Crippen molar-refractivity contribution < 1.29 is 27.5 Å². The number of rotatable bonds is 7. The summed E-state index contributed by atoms with van der Waals surface area (Å²) in [7, 11) is 1.48. The number of nitrogens with zero attached hydrogens (tertiary/aromatic N) is 1. The Morgan fingerprint density at radius 2 is 1.91 bits per heavy atom. The molecule has 0 radical (unpaired) electrons. The second kappa shape index (κ2) is 8.38. The van der Waals surface area contributed by atoms with Crippen molar-refractivity contribution in [2.45, 2.75) is 13.3 Å². The Hall–Kier alpha value is -2.09. The maximum atomic E-state index is 13.7. The van der Waals surface area contributed by atoms with Crippen molar-refractivity contribution in [3.63, 3.8) is 0 Å². The summed E-state index contributed by atoms with van der Waals surface area (Å²) >= 11 is 0. The number of carbonyl (C=O) groups is 2. The van der Waals surface area contributed by atoms with Gasteiger partial charge in [-0.3, -0.25) is 9.59 Å². The van der Waals surface area contributed by atoms with Crippen LogP contribution >= 0.6 is 0 Å². The molecule has 0 saturated carbocycles. The van der Waals surface area contributed by atoms with Crippen molar-refractivity contribution >= 4 is 17.5 Å². The van der Waals surface area contributed by atoms with E-state index in [1.165, 1.54) is 7.11 Å². The van der Waals surface area contributed by atoms with Crippen molar-refractivity contribution in [3.05, 3.63) is 29.6 Å². The van der Waals surface area contributed by atoms with Crippen LogP contribution in [0.5, 0.6) is 0 Å². The summed E-state index contributed by atoms with van der Waals surface area (Å²) in [5.41, 5.74) is -0.406. The molecule has 8 heteroatoms. The lowest BCUT2D eigenvalue weighted by atomic mass is 10.2. The average Bonchev–Trinajstić information content (AvgIpc) is 2.47. The van der Waals surface area contributed by atoms with E-state index < -0.39 is 29.0 Å². The largest absolute Gasteiger partial charge is 0.383 e. The summed E-state index contributed by atoms with van der Waals surface area (Å²) in [5, 5.41) is 2.53. The van der Waals surface area contributed by atoms with Gasteiger partial charge in [0.05, 0.1) is 12.3 Å². The van der Waals surface area contributed by atoms with Crippen molar-refractivity contribution in [1.82, 2.24) is 5.32 Å². The van der Waals surface area contributed by atoms with E-state index in [1.807, 2.05) is 0 Å². The van der Waals surface area contributed by atoms with E-state index in [0.29, 0.717) is 13.2 Å². The molecule has 1 N–H and O–H groups in total. The van der Waals surface area contributed by atoms with Gasteiger partial charge in [0.15, 0.2) is 17.5 Å². The zero-order chi connectivity index (χ0) is 16.7. The molecule has 0 saturated heterocycles. The van der Waals surface area contributed by atoms with E-state index in [0.717, 1.165) is 24.0 Å². The lowest BCUT2D eigenvalue weighted by molar-refractivity contribution is -0.121. The van der Waals surface area contributed by atoms with Gasteiger partial charge in [-0.05, 0) is 12.1 Å². The molecule has 0 fully saturated rings. The Balaban J connectivity index is 2.77. The standard InChI is InChI=1S/C14H17F3N2O3/c1-9(20)19(7-5-12(21)18-6-8-22-2)11-4-3-10(15)13(16)14(11)17/h3-4H,5-8H2,1-2H3,(H,18,21). The van der Waals surface area contributed by atoms with Crippen molar-refractivity contribution in [1.29, 1.82) is 0 Å². The van der Waals surface area contributed by atoms with Crippen LogP contribution < -0.4 is 10.2 Å². The van der Waals surface area contributed by atoms with Gasteiger partial charge >= 0.3 is 0 Å². The molecule has 0 atom stereocenters. The molecule has 0 heterocycles. The van der Waals surface area contributed by atoms with Crippen LogP contribution in [0, 0.1) is 17.5 Å². The highest BCUT2D eigenvalue weighted by atomic mass is 19.2. The van der Waals surface area contributed by atoms with Crippen molar-refractivity contribution in [2.24, 2.45) is 0 Å². The molecule has 1 aromatic carbocycles. The number of hydrogen-bond acceptors (Lipinski definition) is 3. The van der Waals surface area contributed by atoms with E-state index in [-0.39, 0.29) is 18.9 Å². The first kappa shape index (κ1) is 18.0. The normalized spacial score (nSPS) is 10.4. The fraction of sp³-hybridized carbons (Fsp3) is 0.429. The van der Waals surface area contributed by atoms with Crippen LogP contribution in [0.3, 0.4) is 0 Å². The molecule has 0 bridgehead atoms. The van der Waals surface area contributed by atoms with Gasteiger partial charge in [-0.25, -0.2) is 13.2 Å². The molecule has 22 heavy (non-hydrogen) atoms. The number of halogens is 3. The molecule has 0 aromatic heterocycles. The molecule has 5 nitrogen and oxygen atoms in total. The summed E-state index contributed by atoms with van der Waals surface area (Å²) in [6.45, 7) is 1.62. The number of hydrogen-bond donors (Lipinski definition) is 1. The highest BCUT2D eigenvalue weighted by Crippen LogP contribution is 2.24. The van der Waals surface area contributed by atoms with E-state index >= 15 is 0 Å². The van der Waals surface area contributed by atoms with Crippen molar-refractivity contribution in [2.75, 3.05) is 31.7 Å². The van der Waals surface area contributed by atoms with E-state index in [1.54, 1.807) is 0 Å². The van der Waals surface area contributed by atoms with Crippen molar-refractivity contribution in [3.8, 4) is 0 Å². The third kappa shape index (κ3) is 4.73. The number of methoxy groups -OCH3 is 1. The molecule has 2 amide bonds. The third-order valence-corrected chi connectivity index (χ3v) is 2.88.